The minimum atomic E-state index is -1.12. The molecule has 0 radical (unpaired) electrons. The number of nitrogens with one attached hydrogen (secondary N) is 1. The predicted molar refractivity (Wildman–Crippen MR) is 78.8 cm³/mol. The van der Waals surface area contributed by atoms with Crippen LogP contribution in [0.25, 0.3) is 0 Å². The minimum absolute atomic E-state index is 0.0203. The Labute approximate surface area is 124 Å². The second-order valence-electron chi connectivity index (χ2n) is 5.18. The van der Waals surface area contributed by atoms with Crippen LogP contribution in [0.5, 0.6) is 5.75 Å². The second kappa shape index (κ2) is 7.64. The van der Waals surface area contributed by atoms with Gasteiger partial charge in [-0.25, -0.2) is 4.79 Å². The number of phenolic OH excluding ortho intramolecular Hbond substituents is 1. The van der Waals surface area contributed by atoms with E-state index in [1.54, 1.807) is 12.1 Å². The number of nitrogens with two attached hydrogens (primary N) is 1. The van der Waals surface area contributed by atoms with Crippen molar-refractivity contribution in [3.05, 3.63) is 29.8 Å². The third-order valence-electron chi connectivity index (χ3n) is 3.55. The Balaban J connectivity index is 2.72. The number of carbonyl (C=O) groups excluding carboxylic acids is 1. The van der Waals surface area contributed by atoms with Crippen molar-refractivity contribution in [1.82, 2.24) is 5.32 Å². The van der Waals surface area contributed by atoms with Crippen molar-refractivity contribution < 1.29 is 19.8 Å². The van der Waals surface area contributed by atoms with Crippen molar-refractivity contribution in [2.45, 2.75) is 38.8 Å². The lowest BCUT2D eigenvalue weighted by molar-refractivity contribution is -0.142. The molecule has 1 aromatic rings. The Hall–Kier alpha value is -2.08. The summed E-state index contributed by atoms with van der Waals surface area (Å²) in [5, 5.41) is 20.9. The normalized spacial score (nSPS) is 15.0. The number of carboxylic acid groups (broad SMARTS) is 1. The number of hydrogen-bond donors (Lipinski definition) is 4. The van der Waals surface area contributed by atoms with Gasteiger partial charge in [0.15, 0.2) is 0 Å². The van der Waals surface area contributed by atoms with E-state index in [4.69, 9.17) is 5.73 Å². The minimum Gasteiger partial charge on any atom is -0.508 e. The Morgan fingerprint density at radius 2 is 1.86 bits per heavy atom. The van der Waals surface area contributed by atoms with Crippen LogP contribution in [0.2, 0.25) is 0 Å². The molecule has 1 amide bonds. The van der Waals surface area contributed by atoms with Gasteiger partial charge in [0.1, 0.15) is 11.8 Å². The van der Waals surface area contributed by atoms with Crippen LogP contribution in [0.3, 0.4) is 0 Å². The topological polar surface area (TPSA) is 113 Å². The number of carboxylic acids is 1. The van der Waals surface area contributed by atoms with Crippen molar-refractivity contribution in [1.29, 1.82) is 0 Å². The molecule has 0 fully saturated rings. The van der Waals surface area contributed by atoms with Crippen LogP contribution in [-0.2, 0) is 16.0 Å². The monoisotopic (exact) mass is 294 g/mol. The highest BCUT2D eigenvalue weighted by Gasteiger charge is 2.25. The van der Waals surface area contributed by atoms with Gasteiger partial charge in [0.05, 0.1) is 6.04 Å². The number of rotatable bonds is 7. The molecule has 0 aliphatic heterocycles. The second-order valence-corrected chi connectivity index (χ2v) is 5.18. The van der Waals surface area contributed by atoms with E-state index in [0.29, 0.717) is 5.56 Å². The molecule has 3 atom stereocenters. The average Bonchev–Trinajstić information content (AvgIpc) is 2.46. The molecule has 0 aliphatic rings. The lowest BCUT2D eigenvalue weighted by Crippen LogP contribution is -2.51. The average molecular weight is 294 g/mol. The molecule has 1 aromatic carbocycles. The van der Waals surface area contributed by atoms with Crippen molar-refractivity contribution >= 4 is 11.9 Å². The van der Waals surface area contributed by atoms with Crippen LogP contribution in [0.15, 0.2) is 24.3 Å². The summed E-state index contributed by atoms with van der Waals surface area (Å²) in [6, 6.07) is 4.41. The number of hydrogen-bond acceptors (Lipinski definition) is 4. The van der Waals surface area contributed by atoms with Gasteiger partial charge < -0.3 is 21.3 Å². The van der Waals surface area contributed by atoms with Gasteiger partial charge >= 0.3 is 5.97 Å². The molecule has 5 N–H and O–H groups in total. The molecular weight excluding hydrogens is 272 g/mol. The Morgan fingerprint density at radius 1 is 1.29 bits per heavy atom. The summed E-state index contributed by atoms with van der Waals surface area (Å²) in [4.78, 5) is 23.2. The van der Waals surface area contributed by atoms with E-state index in [2.05, 4.69) is 5.32 Å². The molecule has 0 heterocycles. The fourth-order valence-electron chi connectivity index (χ4n) is 1.85. The number of benzene rings is 1. The summed E-state index contributed by atoms with van der Waals surface area (Å²) in [5.41, 5.74) is 6.50. The molecule has 116 valence electrons. The van der Waals surface area contributed by atoms with Crippen LogP contribution in [0.1, 0.15) is 25.8 Å². The van der Waals surface area contributed by atoms with Crippen LogP contribution >= 0.6 is 0 Å². The summed E-state index contributed by atoms with van der Waals surface area (Å²) < 4.78 is 0. The first-order valence-corrected chi connectivity index (χ1v) is 6.91. The zero-order chi connectivity index (χ0) is 16.0. The third-order valence-corrected chi connectivity index (χ3v) is 3.55. The van der Waals surface area contributed by atoms with Crippen LogP contribution in [0, 0.1) is 5.92 Å². The number of aliphatic carboxylic acids is 1. The van der Waals surface area contributed by atoms with E-state index >= 15 is 0 Å². The molecule has 0 saturated heterocycles. The van der Waals surface area contributed by atoms with Gasteiger partial charge in [-0.3, -0.25) is 4.79 Å². The molecule has 0 saturated carbocycles. The predicted octanol–water partition coefficient (Wildman–Crippen LogP) is 0.877. The number of aromatic hydroxyl groups is 1. The Morgan fingerprint density at radius 3 is 2.33 bits per heavy atom. The molecule has 0 aromatic heterocycles. The number of amides is 1. The van der Waals surface area contributed by atoms with Gasteiger partial charge in [-0.15, -0.1) is 0 Å². The molecule has 21 heavy (non-hydrogen) atoms. The van der Waals surface area contributed by atoms with E-state index in [-0.39, 0.29) is 18.1 Å². The molecule has 6 nitrogen and oxygen atoms in total. The van der Waals surface area contributed by atoms with E-state index in [1.807, 2.05) is 13.8 Å². The summed E-state index contributed by atoms with van der Waals surface area (Å²) in [7, 11) is 0. The van der Waals surface area contributed by atoms with Crippen LogP contribution < -0.4 is 11.1 Å². The van der Waals surface area contributed by atoms with Crippen LogP contribution in [-0.4, -0.2) is 34.2 Å². The highest BCUT2D eigenvalue weighted by Crippen LogP contribution is 2.12. The van der Waals surface area contributed by atoms with Crippen LogP contribution in [0.4, 0.5) is 0 Å². The smallest absolute Gasteiger partial charge is 0.326 e. The standard InChI is InChI=1S/C15H22N2O4/c1-3-9(2)13(16)14(19)17-12(15(20)21)8-10-4-6-11(18)7-5-10/h4-7,9,12-13,18H,3,8,16H2,1-2H3,(H,17,19)(H,20,21)/t9?,12-,13?/m1/s1. The first-order chi connectivity index (χ1) is 9.85. The maximum absolute atomic E-state index is 12.0. The first kappa shape index (κ1) is 17.0. The van der Waals surface area contributed by atoms with Crippen molar-refractivity contribution in [2.75, 3.05) is 0 Å². The van der Waals surface area contributed by atoms with E-state index in [1.165, 1.54) is 12.1 Å². The molecule has 0 bridgehead atoms. The first-order valence-electron chi connectivity index (χ1n) is 6.91. The third kappa shape index (κ3) is 5.07. The quantitative estimate of drug-likeness (QED) is 0.596. The molecular formula is C15H22N2O4. The maximum atomic E-state index is 12.0. The highest BCUT2D eigenvalue weighted by molar-refractivity contribution is 5.87. The van der Waals surface area contributed by atoms with Crippen molar-refractivity contribution in [2.24, 2.45) is 11.7 Å². The Bertz CT molecular complexity index is 487. The molecule has 0 spiro atoms. The number of carbonyl (C=O) groups is 2. The summed E-state index contributed by atoms with van der Waals surface area (Å²) in [5.74, 6) is -1.50. The lowest BCUT2D eigenvalue weighted by Gasteiger charge is -2.21. The maximum Gasteiger partial charge on any atom is 0.326 e. The van der Waals surface area contributed by atoms with Gasteiger partial charge in [-0.1, -0.05) is 32.4 Å². The van der Waals surface area contributed by atoms with Gasteiger partial charge in [0.25, 0.3) is 0 Å². The summed E-state index contributed by atoms with van der Waals surface area (Å²) >= 11 is 0. The number of phenols is 1. The molecule has 2 unspecified atom stereocenters. The van der Waals surface area contributed by atoms with Gasteiger partial charge in [0.2, 0.25) is 5.91 Å². The molecule has 0 aliphatic carbocycles. The van der Waals surface area contributed by atoms with E-state index < -0.39 is 24.0 Å². The van der Waals surface area contributed by atoms with E-state index in [0.717, 1.165) is 6.42 Å². The van der Waals surface area contributed by atoms with E-state index in [9.17, 15) is 19.8 Å². The van der Waals surface area contributed by atoms with Crippen molar-refractivity contribution in [3.63, 3.8) is 0 Å². The van der Waals surface area contributed by atoms with Gasteiger partial charge in [-0.2, -0.15) is 0 Å². The molecule has 1 rings (SSSR count). The zero-order valence-electron chi connectivity index (χ0n) is 12.2. The largest absolute Gasteiger partial charge is 0.508 e. The zero-order valence-corrected chi connectivity index (χ0v) is 12.2. The Kier molecular flexibility index (Phi) is 6.17. The molecule has 6 heteroatoms. The SMILES string of the molecule is CCC(C)C(N)C(=O)N[C@H](Cc1ccc(O)cc1)C(=O)O. The highest BCUT2D eigenvalue weighted by atomic mass is 16.4. The van der Waals surface area contributed by atoms with Gasteiger partial charge in [0, 0.05) is 6.42 Å². The van der Waals surface area contributed by atoms with Gasteiger partial charge in [-0.05, 0) is 23.6 Å². The fourth-order valence-corrected chi connectivity index (χ4v) is 1.85. The summed E-state index contributed by atoms with van der Waals surface area (Å²) in [6.45, 7) is 3.77. The lowest BCUT2D eigenvalue weighted by atomic mass is 9.98. The fraction of sp³-hybridized carbons (Fsp3) is 0.467. The van der Waals surface area contributed by atoms with Crippen molar-refractivity contribution in [3.8, 4) is 5.75 Å². The summed E-state index contributed by atoms with van der Waals surface area (Å²) in [6.07, 6.45) is 0.874.